The van der Waals surface area contributed by atoms with E-state index in [2.05, 4.69) is 5.16 Å². The van der Waals surface area contributed by atoms with Gasteiger partial charge < -0.3 is 18.6 Å². The molecule has 0 saturated carbocycles. The Kier molecular flexibility index (Phi) is 4.17. The van der Waals surface area contributed by atoms with Gasteiger partial charge in [-0.3, -0.25) is 4.79 Å². The lowest BCUT2D eigenvalue weighted by Gasteiger charge is -2.32. The molecule has 1 aromatic rings. The van der Waals surface area contributed by atoms with Crippen molar-refractivity contribution in [1.82, 2.24) is 5.16 Å². The van der Waals surface area contributed by atoms with E-state index in [1.807, 2.05) is 34.6 Å². The van der Waals surface area contributed by atoms with E-state index in [-0.39, 0.29) is 12.6 Å². The maximum absolute atomic E-state index is 10.8. The standard InChI is InChI=1S/C14H22BNO5/c1-9-12(11(19-16-9)7-8-18-10(2)17)15-20-13(3,4)14(5,6)21-15/h7-8H2,1-6H3. The van der Waals surface area contributed by atoms with E-state index in [4.69, 9.17) is 18.6 Å². The van der Waals surface area contributed by atoms with Crippen LogP contribution in [0.25, 0.3) is 0 Å². The Morgan fingerprint density at radius 2 is 1.81 bits per heavy atom. The highest BCUT2D eigenvalue weighted by atomic mass is 16.7. The quantitative estimate of drug-likeness (QED) is 0.617. The summed E-state index contributed by atoms with van der Waals surface area (Å²) in [6.07, 6.45) is 0.444. The van der Waals surface area contributed by atoms with Gasteiger partial charge >= 0.3 is 13.1 Å². The van der Waals surface area contributed by atoms with E-state index in [9.17, 15) is 4.79 Å². The Balaban J connectivity index is 2.17. The fraction of sp³-hybridized carbons (Fsp3) is 0.714. The number of aromatic nitrogens is 1. The van der Waals surface area contributed by atoms with Crippen molar-refractivity contribution >= 4 is 18.6 Å². The Bertz CT molecular complexity index is 521. The van der Waals surface area contributed by atoms with Crippen LogP contribution in [0.4, 0.5) is 0 Å². The van der Waals surface area contributed by atoms with Crippen LogP contribution in [-0.2, 0) is 25.3 Å². The molecule has 2 rings (SSSR count). The van der Waals surface area contributed by atoms with Crippen LogP contribution in [0.3, 0.4) is 0 Å². The molecule has 1 aliphatic heterocycles. The lowest BCUT2D eigenvalue weighted by Crippen LogP contribution is -2.41. The van der Waals surface area contributed by atoms with Crippen LogP contribution >= 0.6 is 0 Å². The highest BCUT2D eigenvalue weighted by molar-refractivity contribution is 6.63. The smallest absolute Gasteiger partial charge is 0.465 e. The number of rotatable bonds is 4. The Labute approximate surface area is 125 Å². The van der Waals surface area contributed by atoms with E-state index in [0.29, 0.717) is 12.2 Å². The Morgan fingerprint density at radius 3 is 2.33 bits per heavy atom. The number of esters is 1. The zero-order valence-electron chi connectivity index (χ0n) is 13.5. The molecule has 6 nitrogen and oxygen atoms in total. The highest BCUT2D eigenvalue weighted by Crippen LogP contribution is 2.36. The fourth-order valence-corrected chi connectivity index (χ4v) is 2.15. The largest absolute Gasteiger partial charge is 0.500 e. The molecule has 0 atom stereocenters. The Morgan fingerprint density at radius 1 is 1.24 bits per heavy atom. The second-order valence-electron chi connectivity index (χ2n) is 6.28. The zero-order valence-corrected chi connectivity index (χ0v) is 13.5. The maximum atomic E-state index is 10.8. The summed E-state index contributed by atoms with van der Waals surface area (Å²) in [6, 6.07) is 0. The van der Waals surface area contributed by atoms with Crippen molar-refractivity contribution in [1.29, 1.82) is 0 Å². The number of carbonyl (C=O) groups excluding carboxylic acids is 1. The first-order chi connectivity index (χ1) is 9.64. The molecule has 0 unspecified atom stereocenters. The lowest BCUT2D eigenvalue weighted by atomic mass is 9.77. The van der Waals surface area contributed by atoms with E-state index in [0.717, 1.165) is 11.2 Å². The number of hydrogen-bond acceptors (Lipinski definition) is 6. The van der Waals surface area contributed by atoms with Gasteiger partial charge in [0, 0.05) is 18.8 Å². The van der Waals surface area contributed by atoms with Gasteiger partial charge in [-0.2, -0.15) is 0 Å². The molecule has 0 N–H and O–H groups in total. The Hall–Kier alpha value is -1.34. The van der Waals surface area contributed by atoms with Crippen LogP contribution in [0.5, 0.6) is 0 Å². The van der Waals surface area contributed by atoms with Gasteiger partial charge in [0.2, 0.25) is 0 Å². The lowest BCUT2D eigenvalue weighted by molar-refractivity contribution is -0.140. The van der Waals surface area contributed by atoms with E-state index < -0.39 is 18.3 Å². The highest BCUT2D eigenvalue weighted by Gasteiger charge is 2.53. The average Bonchev–Trinajstić information content (AvgIpc) is 2.77. The van der Waals surface area contributed by atoms with E-state index in [1.165, 1.54) is 6.92 Å². The van der Waals surface area contributed by atoms with Crippen LogP contribution < -0.4 is 5.46 Å². The SMILES string of the molecule is CC(=O)OCCc1onc(C)c1B1OC(C)(C)C(C)(C)O1. The molecular weight excluding hydrogens is 273 g/mol. The molecule has 1 saturated heterocycles. The maximum Gasteiger partial charge on any atom is 0.500 e. The van der Waals surface area contributed by atoms with Crippen molar-refractivity contribution in [3.63, 3.8) is 0 Å². The minimum atomic E-state index is -0.520. The molecule has 0 aliphatic carbocycles. The number of ether oxygens (including phenoxy) is 1. The van der Waals surface area contributed by atoms with Gasteiger partial charge in [0.1, 0.15) is 5.76 Å². The number of nitrogens with zero attached hydrogens (tertiary/aromatic N) is 1. The van der Waals surface area contributed by atoms with Gasteiger partial charge in [0.25, 0.3) is 0 Å². The first kappa shape index (κ1) is 16.0. The first-order valence-corrected chi connectivity index (χ1v) is 7.08. The minimum Gasteiger partial charge on any atom is -0.465 e. The molecule has 0 bridgehead atoms. The summed E-state index contributed by atoms with van der Waals surface area (Å²) in [7, 11) is -0.520. The summed E-state index contributed by atoms with van der Waals surface area (Å²) >= 11 is 0. The summed E-state index contributed by atoms with van der Waals surface area (Å²) in [4.78, 5) is 10.8. The van der Waals surface area contributed by atoms with Crippen molar-refractivity contribution in [3.05, 3.63) is 11.5 Å². The van der Waals surface area contributed by atoms with Crippen LogP contribution in [-0.4, -0.2) is 36.1 Å². The van der Waals surface area contributed by atoms with Crippen molar-refractivity contribution in [3.8, 4) is 0 Å². The van der Waals surface area contributed by atoms with Gasteiger partial charge in [-0.15, -0.1) is 0 Å². The van der Waals surface area contributed by atoms with Gasteiger partial charge in [-0.05, 0) is 34.6 Å². The predicted molar refractivity (Wildman–Crippen MR) is 77.3 cm³/mol. The summed E-state index contributed by atoms with van der Waals surface area (Å²) in [5.41, 5.74) is 0.676. The van der Waals surface area contributed by atoms with Crippen molar-refractivity contribution in [2.45, 2.75) is 59.2 Å². The predicted octanol–water partition coefficient (Wildman–Crippen LogP) is 1.39. The van der Waals surface area contributed by atoms with Crippen LogP contribution in [0.1, 0.15) is 46.1 Å². The summed E-state index contributed by atoms with van der Waals surface area (Å²) in [5, 5.41) is 3.98. The second kappa shape index (κ2) is 5.46. The first-order valence-electron chi connectivity index (χ1n) is 7.08. The molecule has 1 aliphatic rings. The molecule has 0 spiro atoms. The molecule has 1 aromatic heterocycles. The number of aryl methyl sites for hydroxylation is 1. The number of carbonyl (C=O) groups is 1. The van der Waals surface area contributed by atoms with Crippen LogP contribution in [0, 0.1) is 6.92 Å². The van der Waals surface area contributed by atoms with E-state index >= 15 is 0 Å². The summed E-state index contributed by atoms with van der Waals surface area (Å²) in [5.74, 6) is 0.315. The zero-order chi connectivity index (χ0) is 15.8. The number of hydrogen-bond donors (Lipinski definition) is 0. The molecule has 7 heteroatoms. The molecular formula is C14H22BNO5. The third-order valence-corrected chi connectivity index (χ3v) is 4.11. The molecule has 0 amide bonds. The van der Waals surface area contributed by atoms with Gasteiger partial charge in [0.15, 0.2) is 0 Å². The molecule has 1 fully saturated rings. The van der Waals surface area contributed by atoms with Gasteiger partial charge in [0.05, 0.1) is 23.5 Å². The summed E-state index contributed by atoms with van der Waals surface area (Å²) in [6.45, 7) is 11.4. The van der Waals surface area contributed by atoms with Crippen molar-refractivity contribution < 1.29 is 23.4 Å². The van der Waals surface area contributed by atoms with Crippen molar-refractivity contribution in [2.75, 3.05) is 6.61 Å². The van der Waals surface area contributed by atoms with Crippen LogP contribution in [0.15, 0.2) is 4.52 Å². The minimum absolute atomic E-state index is 0.247. The second-order valence-corrected chi connectivity index (χ2v) is 6.28. The van der Waals surface area contributed by atoms with E-state index in [1.54, 1.807) is 0 Å². The fourth-order valence-electron chi connectivity index (χ4n) is 2.15. The topological polar surface area (TPSA) is 70.8 Å². The molecule has 2 heterocycles. The molecule has 0 radical (unpaired) electrons. The van der Waals surface area contributed by atoms with Gasteiger partial charge in [-0.25, -0.2) is 0 Å². The summed E-state index contributed by atoms with van der Waals surface area (Å²) < 4.78 is 22.3. The molecule has 21 heavy (non-hydrogen) atoms. The third-order valence-electron chi connectivity index (χ3n) is 4.11. The molecule has 0 aromatic carbocycles. The van der Waals surface area contributed by atoms with Crippen molar-refractivity contribution in [2.24, 2.45) is 0 Å². The monoisotopic (exact) mass is 295 g/mol. The normalized spacial score (nSPS) is 19.8. The van der Waals surface area contributed by atoms with Gasteiger partial charge in [-0.1, -0.05) is 5.16 Å². The average molecular weight is 295 g/mol. The third kappa shape index (κ3) is 3.13. The molecule has 116 valence electrons. The van der Waals surface area contributed by atoms with Crippen LogP contribution in [0.2, 0.25) is 0 Å².